The number of alkyl halides is 2. The molecule has 188 valence electrons. The van der Waals surface area contributed by atoms with E-state index in [4.69, 9.17) is 5.26 Å². The molecule has 1 fully saturated rings. The second-order valence-corrected chi connectivity index (χ2v) is 8.50. The molecule has 0 aromatic heterocycles. The lowest BCUT2D eigenvalue weighted by molar-refractivity contribution is -0.189. The SMILES string of the molecule is N#Cc1c(F)cc(OC(F)(F)c2c(F)cc(-c3c(F)cc(C4CCCCC4)cc3F)cc2F)cc1F. The zero-order valence-corrected chi connectivity index (χ0v) is 18.5. The van der Waals surface area contributed by atoms with Gasteiger partial charge in [0.25, 0.3) is 0 Å². The fourth-order valence-electron chi connectivity index (χ4n) is 4.45. The molecule has 3 aromatic carbocycles. The molecule has 0 heterocycles. The monoisotopic (exact) mass is 511 g/mol. The van der Waals surface area contributed by atoms with Gasteiger partial charge in [-0.3, -0.25) is 0 Å². The van der Waals surface area contributed by atoms with Crippen LogP contribution < -0.4 is 4.74 Å². The number of hydrogen-bond donors (Lipinski definition) is 0. The second kappa shape index (κ2) is 9.80. The van der Waals surface area contributed by atoms with Crippen molar-refractivity contribution in [2.45, 2.75) is 44.1 Å². The van der Waals surface area contributed by atoms with Gasteiger partial charge in [-0.2, -0.15) is 14.0 Å². The minimum absolute atomic E-state index is 0.0552. The lowest BCUT2D eigenvalue weighted by Gasteiger charge is -2.23. The van der Waals surface area contributed by atoms with Crippen molar-refractivity contribution in [2.24, 2.45) is 0 Å². The van der Waals surface area contributed by atoms with Gasteiger partial charge in [0.05, 0.1) is 5.56 Å². The number of nitriles is 1. The molecule has 0 atom stereocenters. The van der Waals surface area contributed by atoms with Crippen LogP contribution >= 0.6 is 0 Å². The van der Waals surface area contributed by atoms with Crippen molar-refractivity contribution >= 4 is 0 Å². The molecule has 0 radical (unpaired) electrons. The van der Waals surface area contributed by atoms with Crippen molar-refractivity contribution in [3.63, 3.8) is 0 Å². The zero-order valence-electron chi connectivity index (χ0n) is 18.5. The van der Waals surface area contributed by atoms with Gasteiger partial charge in [-0.25, -0.2) is 26.3 Å². The maximum absolute atomic E-state index is 14.8. The molecule has 10 heteroatoms. The molecule has 0 bridgehead atoms. The van der Waals surface area contributed by atoms with Crippen molar-refractivity contribution in [3.05, 3.63) is 88.0 Å². The lowest BCUT2D eigenvalue weighted by atomic mass is 9.83. The summed E-state index contributed by atoms with van der Waals surface area (Å²) in [5.74, 6) is -10.3. The number of hydrogen-bond acceptors (Lipinski definition) is 2. The summed E-state index contributed by atoms with van der Waals surface area (Å²) in [7, 11) is 0. The quantitative estimate of drug-likeness (QED) is 0.323. The van der Waals surface area contributed by atoms with E-state index < -0.39 is 69.0 Å². The van der Waals surface area contributed by atoms with Crippen LogP contribution in [0.4, 0.5) is 35.1 Å². The van der Waals surface area contributed by atoms with E-state index in [-0.39, 0.29) is 18.1 Å². The van der Waals surface area contributed by atoms with Crippen LogP contribution in [0.15, 0.2) is 36.4 Å². The largest absolute Gasteiger partial charge is 0.432 e. The fourth-order valence-corrected chi connectivity index (χ4v) is 4.45. The number of halogens is 8. The minimum atomic E-state index is -4.78. The van der Waals surface area contributed by atoms with Gasteiger partial charge < -0.3 is 4.74 Å². The number of ether oxygens (including phenoxy) is 1. The van der Waals surface area contributed by atoms with E-state index in [0.717, 1.165) is 44.2 Å². The Kier molecular flexibility index (Phi) is 6.94. The molecule has 0 unspecified atom stereocenters. The summed E-state index contributed by atoms with van der Waals surface area (Å²) in [5, 5.41) is 8.64. The van der Waals surface area contributed by atoms with Gasteiger partial charge >= 0.3 is 6.11 Å². The van der Waals surface area contributed by atoms with E-state index in [1.165, 1.54) is 6.07 Å². The summed E-state index contributed by atoms with van der Waals surface area (Å²) < 4.78 is 120. The molecule has 3 aromatic rings. The molecule has 4 rings (SSSR count). The van der Waals surface area contributed by atoms with Gasteiger partial charge in [0.15, 0.2) is 0 Å². The summed E-state index contributed by atoms with van der Waals surface area (Å²) >= 11 is 0. The van der Waals surface area contributed by atoms with Crippen LogP contribution in [0.1, 0.15) is 54.7 Å². The third-order valence-corrected chi connectivity index (χ3v) is 6.14. The van der Waals surface area contributed by atoms with E-state index in [9.17, 15) is 35.1 Å². The topological polar surface area (TPSA) is 33.0 Å². The smallest absolute Gasteiger partial charge is 0.429 e. The molecule has 0 amide bonds. The summed E-state index contributed by atoms with van der Waals surface area (Å²) in [6, 6.07) is 4.46. The van der Waals surface area contributed by atoms with Crippen LogP contribution in [-0.4, -0.2) is 0 Å². The predicted molar refractivity (Wildman–Crippen MR) is 113 cm³/mol. The molecular weight excluding hydrogens is 494 g/mol. The van der Waals surface area contributed by atoms with Crippen molar-refractivity contribution in [2.75, 3.05) is 0 Å². The molecule has 0 aliphatic heterocycles. The van der Waals surface area contributed by atoms with Gasteiger partial charge in [-0.15, -0.1) is 0 Å². The first-order valence-electron chi connectivity index (χ1n) is 11.0. The maximum atomic E-state index is 14.8. The highest BCUT2D eigenvalue weighted by Gasteiger charge is 2.42. The molecule has 2 nitrogen and oxygen atoms in total. The van der Waals surface area contributed by atoms with Gasteiger partial charge in [0.2, 0.25) is 0 Å². The first-order chi connectivity index (χ1) is 17.0. The highest BCUT2D eigenvalue weighted by molar-refractivity contribution is 5.66. The highest BCUT2D eigenvalue weighted by atomic mass is 19.3. The predicted octanol–water partition coefficient (Wildman–Crippen LogP) is 8.24. The minimum Gasteiger partial charge on any atom is -0.429 e. The van der Waals surface area contributed by atoms with Crippen LogP contribution in [0, 0.1) is 46.2 Å². The molecule has 0 N–H and O–H groups in total. The molecule has 1 aliphatic rings. The Morgan fingerprint density at radius 1 is 0.722 bits per heavy atom. The van der Waals surface area contributed by atoms with Crippen molar-refractivity contribution in [1.29, 1.82) is 5.26 Å². The van der Waals surface area contributed by atoms with Crippen LogP contribution in [0.25, 0.3) is 11.1 Å². The van der Waals surface area contributed by atoms with Crippen LogP contribution in [0.3, 0.4) is 0 Å². The number of nitrogens with zero attached hydrogens (tertiary/aromatic N) is 1. The number of benzene rings is 3. The molecule has 1 aliphatic carbocycles. The molecule has 1 saturated carbocycles. The van der Waals surface area contributed by atoms with Gasteiger partial charge in [-0.05, 0) is 54.2 Å². The third kappa shape index (κ3) is 4.87. The maximum Gasteiger partial charge on any atom is 0.432 e. The Hall–Kier alpha value is -3.61. The lowest BCUT2D eigenvalue weighted by Crippen LogP contribution is -2.25. The summed E-state index contributed by atoms with van der Waals surface area (Å²) in [4.78, 5) is 0. The average Bonchev–Trinajstić information content (AvgIpc) is 2.78. The van der Waals surface area contributed by atoms with E-state index in [2.05, 4.69) is 4.74 Å². The molecule has 36 heavy (non-hydrogen) atoms. The molecule has 0 spiro atoms. The summed E-state index contributed by atoms with van der Waals surface area (Å²) in [6.45, 7) is 0. The van der Waals surface area contributed by atoms with Crippen molar-refractivity contribution < 1.29 is 39.9 Å². The summed E-state index contributed by atoms with van der Waals surface area (Å²) in [6.07, 6.45) is -0.441. The summed E-state index contributed by atoms with van der Waals surface area (Å²) in [5.41, 5.74) is -4.04. The van der Waals surface area contributed by atoms with E-state index in [1.54, 1.807) is 0 Å². The Bertz CT molecular complexity index is 1290. The highest BCUT2D eigenvalue weighted by Crippen LogP contribution is 2.40. The Balaban J connectivity index is 1.68. The normalized spacial score (nSPS) is 14.5. The standard InChI is InChI=1S/C26H17F8NO/c27-18-10-16(11-19(28)17(18)12-35)36-26(33,34)25-22(31)8-15(9-23(25)32)24-20(29)6-14(7-21(24)30)13-4-2-1-3-5-13/h6-11,13H,1-5H2. The van der Waals surface area contributed by atoms with Crippen LogP contribution in [0.2, 0.25) is 0 Å². The third-order valence-electron chi connectivity index (χ3n) is 6.14. The van der Waals surface area contributed by atoms with E-state index in [0.29, 0.717) is 17.7 Å². The van der Waals surface area contributed by atoms with Gasteiger partial charge in [-0.1, -0.05) is 19.3 Å². The van der Waals surface area contributed by atoms with E-state index in [1.807, 2.05) is 0 Å². The Morgan fingerprint density at radius 3 is 1.75 bits per heavy atom. The zero-order chi connectivity index (χ0) is 26.2. The first-order valence-corrected chi connectivity index (χ1v) is 11.0. The first kappa shape index (κ1) is 25.5. The second-order valence-electron chi connectivity index (χ2n) is 8.50. The molecular formula is C26H17F8NO. The fraction of sp³-hybridized carbons (Fsp3) is 0.269. The van der Waals surface area contributed by atoms with Crippen LogP contribution in [-0.2, 0) is 6.11 Å². The van der Waals surface area contributed by atoms with Gasteiger partial charge in [0.1, 0.15) is 57.8 Å². The average molecular weight is 511 g/mol. The Labute approximate surface area is 200 Å². The van der Waals surface area contributed by atoms with Crippen LogP contribution in [0.5, 0.6) is 5.75 Å². The number of rotatable bonds is 5. The van der Waals surface area contributed by atoms with Gasteiger partial charge in [0, 0.05) is 12.1 Å². The van der Waals surface area contributed by atoms with Crippen molar-refractivity contribution in [3.8, 4) is 22.9 Å². The Morgan fingerprint density at radius 2 is 1.25 bits per heavy atom. The van der Waals surface area contributed by atoms with E-state index >= 15 is 0 Å². The molecule has 0 saturated heterocycles. The van der Waals surface area contributed by atoms with Crippen molar-refractivity contribution in [1.82, 2.24) is 0 Å².